The molecule has 1 aromatic rings. The third kappa shape index (κ3) is 2.78. The number of nitrogens with one attached hydrogen (secondary N) is 1. The Kier molecular flexibility index (Phi) is 3.50. The first-order valence-electron chi connectivity index (χ1n) is 5.30. The van der Waals surface area contributed by atoms with Crippen LogP contribution in [0.25, 0.3) is 0 Å². The predicted molar refractivity (Wildman–Crippen MR) is 62.6 cm³/mol. The minimum atomic E-state index is -0.133. The molecule has 15 heavy (non-hydrogen) atoms. The molecule has 1 rings (SSSR count). The lowest BCUT2D eigenvalue weighted by atomic mass is 9.83. The van der Waals surface area contributed by atoms with E-state index in [2.05, 4.69) is 11.4 Å². The summed E-state index contributed by atoms with van der Waals surface area (Å²) >= 11 is 0. The molecule has 0 aliphatic rings. The highest BCUT2D eigenvalue weighted by Gasteiger charge is 2.21. The molecular formula is C13H20FN. The van der Waals surface area contributed by atoms with Crippen LogP contribution in [0.4, 0.5) is 4.39 Å². The van der Waals surface area contributed by atoms with Crippen molar-refractivity contribution in [2.45, 2.75) is 39.7 Å². The first-order chi connectivity index (χ1) is 6.86. The monoisotopic (exact) mass is 209 g/mol. The molecule has 0 heterocycles. The molecule has 0 aliphatic heterocycles. The fourth-order valence-electron chi connectivity index (χ4n) is 2.07. The molecule has 0 saturated carbocycles. The van der Waals surface area contributed by atoms with Crippen molar-refractivity contribution in [1.82, 2.24) is 5.32 Å². The van der Waals surface area contributed by atoms with Crippen LogP contribution in [-0.2, 0) is 12.0 Å². The lowest BCUT2D eigenvalue weighted by Crippen LogP contribution is -2.17. The highest BCUT2D eigenvalue weighted by atomic mass is 19.1. The molecular weight excluding hydrogens is 189 g/mol. The molecule has 0 spiro atoms. The average Bonchev–Trinajstić information content (AvgIpc) is 1.99. The summed E-state index contributed by atoms with van der Waals surface area (Å²) in [6.45, 7) is 8.80. The minimum Gasteiger partial charge on any atom is -0.316 e. The van der Waals surface area contributed by atoms with Crippen molar-refractivity contribution in [2.24, 2.45) is 0 Å². The van der Waals surface area contributed by atoms with Crippen LogP contribution in [0.5, 0.6) is 0 Å². The predicted octanol–water partition coefficient (Wildman–Crippen LogP) is 3.15. The van der Waals surface area contributed by atoms with Gasteiger partial charge in [-0.15, -0.1) is 0 Å². The van der Waals surface area contributed by atoms with Crippen LogP contribution < -0.4 is 5.32 Å². The van der Waals surface area contributed by atoms with Crippen molar-refractivity contribution in [1.29, 1.82) is 0 Å². The van der Waals surface area contributed by atoms with E-state index in [1.807, 2.05) is 34.7 Å². The number of benzene rings is 1. The van der Waals surface area contributed by atoms with Crippen LogP contribution in [0.15, 0.2) is 12.1 Å². The Labute approximate surface area is 91.7 Å². The third-order valence-corrected chi connectivity index (χ3v) is 2.48. The molecule has 0 radical (unpaired) electrons. The van der Waals surface area contributed by atoms with E-state index >= 15 is 0 Å². The SMILES string of the molecule is CNCc1cc(C)c(C(C)(C)C)c(F)c1. The van der Waals surface area contributed by atoms with Crippen molar-refractivity contribution in [3.8, 4) is 0 Å². The molecule has 0 aliphatic carbocycles. The number of hydrogen-bond donors (Lipinski definition) is 1. The minimum absolute atomic E-state index is 0.0900. The molecule has 1 aromatic carbocycles. The summed E-state index contributed by atoms with van der Waals surface area (Å²) in [5.41, 5.74) is 2.72. The van der Waals surface area contributed by atoms with Gasteiger partial charge in [0.05, 0.1) is 0 Å². The topological polar surface area (TPSA) is 12.0 Å². The van der Waals surface area contributed by atoms with E-state index in [1.165, 1.54) is 0 Å². The van der Waals surface area contributed by atoms with Gasteiger partial charge < -0.3 is 5.32 Å². The maximum Gasteiger partial charge on any atom is 0.127 e. The number of aryl methyl sites for hydroxylation is 1. The van der Waals surface area contributed by atoms with Crippen LogP contribution in [-0.4, -0.2) is 7.05 Å². The summed E-state index contributed by atoms with van der Waals surface area (Å²) in [6.07, 6.45) is 0. The third-order valence-electron chi connectivity index (χ3n) is 2.48. The van der Waals surface area contributed by atoms with Gasteiger partial charge in [-0.25, -0.2) is 4.39 Å². The molecule has 0 bridgehead atoms. The fourth-order valence-corrected chi connectivity index (χ4v) is 2.07. The Morgan fingerprint density at radius 1 is 1.27 bits per heavy atom. The first kappa shape index (κ1) is 12.2. The van der Waals surface area contributed by atoms with Gasteiger partial charge in [-0.1, -0.05) is 26.8 Å². The zero-order valence-electron chi connectivity index (χ0n) is 10.2. The average molecular weight is 209 g/mol. The largest absolute Gasteiger partial charge is 0.316 e. The zero-order chi connectivity index (χ0) is 11.6. The van der Waals surface area contributed by atoms with Crippen molar-refractivity contribution < 1.29 is 4.39 Å². The Bertz CT molecular complexity index is 327. The maximum absolute atomic E-state index is 13.9. The lowest BCUT2D eigenvalue weighted by molar-refractivity contribution is 0.517. The molecule has 0 atom stereocenters. The quantitative estimate of drug-likeness (QED) is 0.789. The van der Waals surface area contributed by atoms with Crippen molar-refractivity contribution in [3.63, 3.8) is 0 Å². The summed E-state index contributed by atoms with van der Waals surface area (Å²) in [5.74, 6) is -0.0900. The van der Waals surface area contributed by atoms with Crippen LogP contribution in [0, 0.1) is 12.7 Å². The van der Waals surface area contributed by atoms with E-state index in [1.54, 1.807) is 6.07 Å². The summed E-state index contributed by atoms with van der Waals surface area (Å²) in [7, 11) is 1.87. The second kappa shape index (κ2) is 4.31. The summed E-state index contributed by atoms with van der Waals surface area (Å²) in [6, 6.07) is 3.68. The number of hydrogen-bond acceptors (Lipinski definition) is 1. The van der Waals surface area contributed by atoms with Crippen LogP contribution >= 0.6 is 0 Å². The summed E-state index contributed by atoms with van der Waals surface area (Å²) in [5, 5.41) is 3.03. The molecule has 1 N–H and O–H groups in total. The van der Waals surface area contributed by atoms with Gasteiger partial charge in [-0.05, 0) is 42.1 Å². The molecule has 84 valence electrons. The normalized spacial score (nSPS) is 11.9. The van der Waals surface area contributed by atoms with Gasteiger partial charge in [-0.3, -0.25) is 0 Å². The Morgan fingerprint density at radius 2 is 1.87 bits per heavy atom. The Hall–Kier alpha value is -0.890. The molecule has 0 amide bonds. The smallest absolute Gasteiger partial charge is 0.127 e. The summed E-state index contributed by atoms with van der Waals surface area (Å²) < 4.78 is 13.9. The molecule has 1 nitrogen and oxygen atoms in total. The standard InChI is InChI=1S/C13H20FN/c1-9-6-10(8-15-5)7-11(14)12(9)13(2,3)4/h6-7,15H,8H2,1-5H3. The fraction of sp³-hybridized carbons (Fsp3) is 0.538. The second-order valence-corrected chi connectivity index (χ2v) is 5.05. The number of rotatable bonds is 2. The first-order valence-corrected chi connectivity index (χ1v) is 5.30. The highest BCUT2D eigenvalue weighted by Crippen LogP contribution is 2.29. The van der Waals surface area contributed by atoms with Crippen LogP contribution in [0.3, 0.4) is 0 Å². The van der Waals surface area contributed by atoms with Crippen molar-refractivity contribution in [3.05, 3.63) is 34.6 Å². The Balaban J connectivity index is 3.22. The van der Waals surface area contributed by atoms with Gasteiger partial charge >= 0.3 is 0 Å². The zero-order valence-corrected chi connectivity index (χ0v) is 10.2. The lowest BCUT2D eigenvalue weighted by Gasteiger charge is -2.23. The van der Waals surface area contributed by atoms with Gasteiger partial charge in [0.2, 0.25) is 0 Å². The van der Waals surface area contributed by atoms with E-state index in [9.17, 15) is 4.39 Å². The van der Waals surface area contributed by atoms with E-state index in [0.717, 1.165) is 16.7 Å². The highest BCUT2D eigenvalue weighted by molar-refractivity contribution is 5.37. The van der Waals surface area contributed by atoms with Gasteiger partial charge in [0.25, 0.3) is 0 Å². The molecule has 0 aromatic heterocycles. The van der Waals surface area contributed by atoms with Crippen molar-refractivity contribution >= 4 is 0 Å². The van der Waals surface area contributed by atoms with Crippen LogP contribution in [0.2, 0.25) is 0 Å². The van der Waals surface area contributed by atoms with Gasteiger partial charge in [0.1, 0.15) is 5.82 Å². The molecule has 0 fully saturated rings. The second-order valence-electron chi connectivity index (χ2n) is 5.05. The van der Waals surface area contributed by atoms with E-state index in [4.69, 9.17) is 0 Å². The number of halogens is 1. The molecule has 0 saturated heterocycles. The van der Waals surface area contributed by atoms with E-state index < -0.39 is 0 Å². The van der Waals surface area contributed by atoms with Gasteiger partial charge in [0.15, 0.2) is 0 Å². The van der Waals surface area contributed by atoms with Crippen molar-refractivity contribution in [2.75, 3.05) is 7.05 Å². The molecule has 0 unspecified atom stereocenters. The summed E-state index contributed by atoms with van der Waals surface area (Å²) in [4.78, 5) is 0. The maximum atomic E-state index is 13.9. The van der Waals surface area contributed by atoms with E-state index in [-0.39, 0.29) is 11.2 Å². The van der Waals surface area contributed by atoms with E-state index in [0.29, 0.717) is 6.54 Å². The Morgan fingerprint density at radius 3 is 2.27 bits per heavy atom. The van der Waals surface area contributed by atoms with Gasteiger partial charge in [-0.2, -0.15) is 0 Å². The molecule has 2 heteroatoms. The van der Waals surface area contributed by atoms with Gasteiger partial charge in [0, 0.05) is 6.54 Å². The van der Waals surface area contributed by atoms with Crippen LogP contribution in [0.1, 0.15) is 37.5 Å².